The average Bonchev–Trinajstić information content (AvgIpc) is 2.85. The molecule has 0 radical (unpaired) electrons. The van der Waals surface area contributed by atoms with Crippen LogP contribution in [0.1, 0.15) is 24.9 Å². The van der Waals surface area contributed by atoms with Gasteiger partial charge in [-0.25, -0.2) is 12.7 Å². The number of nitrogens with two attached hydrogens (primary N) is 1. The van der Waals surface area contributed by atoms with Crippen molar-refractivity contribution in [2.45, 2.75) is 19.4 Å². The molecule has 1 aliphatic rings. The molecule has 0 spiro atoms. The predicted octanol–water partition coefficient (Wildman–Crippen LogP) is 0.896. The van der Waals surface area contributed by atoms with Crippen molar-refractivity contribution >= 4 is 28.3 Å². The van der Waals surface area contributed by atoms with Gasteiger partial charge in [-0.2, -0.15) is 0 Å². The third-order valence-electron chi connectivity index (χ3n) is 4.00. The minimum absolute atomic E-state index is 0. The van der Waals surface area contributed by atoms with Crippen molar-refractivity contribution < 1.29 is 13.2 Å². The largest absolute Gasteiger partial charge is 0.354 e. The van der Waals surface area contributed by atoms with Crippen molar-refractivity contribution in [3.8, 4) is 0 Å². The lowest BCUT2D eigenvalue weighted by molar-refractivity contribution is -0.125. The lowest BCUT2D eigenvalue weighted by atomic mass is 9.95. The Hall–Kier alpha value is -1.15. The van der Waals surface area contributed by atoms with E-state index in [2.05, 4.69) is 5.32 Å². The number of rotatable bonds is 6. The molecule has 1 saturated heterocycles. The van der Waals surface area contributed by atoms with Gasteiger partial charge in [0.1, 0.15) is 0 Å². The molecule has 6 nitrogen and oxygen atoms in total. The van der Waals surface area contributed by atoms with E-state index < -0.39 is 10.0 Å². The molecule has 2 unspecified atom stereocenters. The van der Waals surface area contributed by atoms with Gasteiger partial charge in [-0.05, 0) is 12.0 Å². The lowest BCUT2D eigenvalue weighted by Gasteiger charge is -2.21. The van der Waals surface area contributed by atoms with Crippen molar-refractivity contribution in [1.82, 2.24) is 9.62 Å². The summed E-state index contributed by atoms with van der Waals surface area (Å²) in [6, 6.07) is 9.08. The predicted molar refractivity (Wildman–Crippen MR) is 92.8 cm³/mol. The first-order chi connectivity index (χ1) is 10.4. The van der Waals surface area contributed by atoms with Gasteiger partial charge >= 0.3 is 0 Å². The molecule has 23 heavy (non-hydrogen) atoms. The Balaban J connectivity index is 0.00000264. The molecule has 0 bridgehead atoms. The molecule has 0 saturated carbocycles. The maximum Gasteiger partial charge on any atom is 0.224 e. The summed E-state index contributed by atoms with van der Waals surface area (Å²) in [5.74, 6) is -0.332. The van der Waals surface area contributed by atoms with Gasteiger partial charge in [0.25, 0.3) is 0 Å². The van der Waals surface area contributed by atoms with E-state index >= 15 is 0 Å². The molecule has 1 aromatic carbocycles. The second-order valence-electron chi connectivity index (χ2n) is 5.58. The first-order valence-corrected chi connectivity index (χ1v) is 9.09. The Morgan fingerprint density at radius 2 is 2.00 bits per heavy atom. The van der Waals surface area contributed by atoms with Gasteiger partial charge in [0.2, 0.25) is 15.9 Å². The molecule has 2 atom stereocenters. The monoisotopic (exact) mass is 361 g/mol. The zero-order chi connectivity index (χ0) is 16.2. The number of amides is 1. The summed E-state index contributed by atoms with van der Waals surface area (Å²) in [5, 5.41) is 2.77. The maximum atomic E-state index is 12.1. The quantitative estimate of drug-likeness (QED) is 0.787. The van der Waals surface area contributed by atoms with Gasteiger partial charge in [0.15, 0.2) is 0 Å². The first-order valence-electron chi connectivity index (χ1n) is 7.48. The summed E-state index contributed by atoms with van der Waals surface area (Å²) in [4.78, 5) is 12.1. The number of carbonyl (C=O) groups is 1. The van der Waals surface area contributed by atoms with E-state index in [9.17, 15) is 13.2 Å². The molecule has 1 heterocycles. The number of nitrogens with one attached hydrogen (secondary N) is 1. The first kappa shape index (κ1) is 19.9. The van der Waals surface area contributed by atoms with Crippen molar-refractivity contribution in [2.24, 2.45) is 11.7 Å². The molecule has 0 aliphatic carbocycles. The number of hydrogen-bond acceptors (Lipinski definition) is 4. The van der Waals surface area contributed by atoms with E-state index in [1.807, 2.05) is 30.3 Å². The van der Waals surface area contributed by atoms with Crippen LogP contribution in [0, 0.1) is 5.92 Å². The van der Waals surface area contributed by atoms with Crippen LogP contribution >= 0.6 is 12.4 Å². The maximum absolute atomic E-state index is 12.1. The SMILES string of the molecule is CC(C(=O)NCCN1CCCS1(=O)=O)C(N)c1ccccc1.Cl. The van der Waals surface area contributed by atoms with Gasteiger partial charge in [-0.15, -0.1) is 12.4 Å². The highest BCUT2D eigenvalue weighted by molar-refractivity contribution is 7.89. The van der Waals surface area contributed by atoms with E-state index in [1.54, 1.807) is 6.92 Å². The van der Waals surface area contributed by atoms with Crippen LogP contribution in [0.3, 0.4) is 0 Å². The smallest absolute Gasteiger partial charge is 0.224 e. The van der Waals surface area contributed by atoms with E-state index in [0.717, 1.165) is 5.56 Å². The Bertz CT molecular complexity index is 610. The lowest BCUT2D eigenvalue weighted by Crippen LogP contribution is -2.40. The number of carbonyl (C=O) groups excluding carboxylic acids is 1. The van der Waals surface area contributed by atoms with Crippen molar-refractivity contribution in [2.75, 3.05) is 25.4 Å². The highest BCUT2D eigenvalue weighted by atomic mass is 35.5. The Kier molecular flexibility index (Phi) is 7.47. The summed E-state index contributed by atoms with van der Waals surface area (Å²) < 4.78 is 24.7. The third-order valence-corrected chi connectivity index (χ3v) is 5.96. The summed E-state index contributed by atoms with van der Waals surface area (Å²) >= 11 is 0. The van der Waals surface area contributed by atoms with Crippen LogP contribution in [0.4, 0.5) is 0 Å². The summed E-state index contributed by atoms with van der Waals surface area (Å²) in [6.07, 6.45) is 0.658. The molecule has 1 amide bonds. The van der Waals surface area contributed by atoms with Crippen LogP contribution in [-0.4, -0.2) is 44.0 Å². The van der Waals surface area contributed by atoms with Crippen LogP contribution in [0.15, 0.2) is 30.3 Å². The van der Waals surface area contributed by atoms with Crippen LogP contribution in [-0.2, 0) is 14.8 Å². The topological polar surface area (TPSA) is 92.5 Å². The van der Waals surface area contributed by atoms with Crippen molar-refractivity contribution in [1.29, 1.82) is 0 Å². The van der Waals surface area contributed by atoms with Crippen LogP contribution < -0.4 is 11.1 Å². The van der Waals surface area contributed by atoms with E-state index in [1.165, 1.54) is 4.31 Å². The van der Waals surface area contributed by atoms with Gasteiger partial charge in [-0.3, -0.25) is 4.79 Å². The number of benzene rings is 1. The fourth-order valence-electron chi connectivity index (χ4n) is 2.53. The van der Waals surface area contributed by atoms with Crippen LogP contribution in [0.5, 0.6) is 0 Å². The van der Waals surface area contributed by atoms with Crippen molar-refractivity contribution in [3.63, 3.8) is 0 Å². The normalized spacial score (nSPS) is 19.6. The average molecular weight is 362 g/mol. The van der Waals surface area contributed by atoms with Gasteiger partial charge in [0.05, 0.1) is 11.7 Å². The highest BCUT2D eigenvalue weighted by Gasteiger charge is 2.28. The molecular formula is C15H24ClN3O3S. The summed E-state index contributed by atoms with van der Waals surface area (Å²) in [6.45, 7) is 2.95. The molecule has 1 aromatic rings. The standard InChI is InChI=1S/C15H23N3O3S.ClH/c1-12(14(16)13-6-3-2-4-7-13)15(19)17-8-10-18-9-5-11-22(18,20)21;/h2-4,6-7,12,14H,5,8-11,16H2,1H3,(H,17,19);1H. The van der Waals surface area contributed by atoms with Gasteiger partial charge in [0, 0.05) is 25.7 Å². The second-order valence-corrected chi connectivity index (χ2v) is 7.67. The second kappa shape index (κ2) is 8.63. The molecule has 3 N–H and O–H groups in total. The molecule has 130 valence electrons. The van der Waals surface area contributed by atoms with Gasteiger partial charge < -0.3 is 11.1 Å². The number of hydrogen-bond donors (Lipinski definition) is 2. The summed E-state index contributed by atoms with van der Waals surface area (Å²) in [5.41, 5.74) is 7.02. The number of sulfonamides is 1. The fourth-order valence-corrected chi connectivity index (χ4v) is 4.06. The van der Waals surface area contributed by atoms with Crippen LogP contribution in [0.2, 0.25) is 0 Å². The highest BCUT2D eigenvalue weighted by Crippen LogP contribution is 2.19. The van der Waals surface area contributed by atoms with E-state index in [0.29, 0.717) is 26.1 Å². The Morgan fingerprint density at radius 3 is 2.57 bits per heavy atom. The third kappa shape index (κ3) is 5.17. The Morgan fingerprint density at radius 1 is 1.35 bits per heavy atom. The Labute approximate surface area is 143 Å². The summed E-state index contributed by atoms with van der Waals surface area (Å²) in [7, 11) is -3.11. The number of halogens is 1. The zero-order valence-corrected chi connectivity index (χ0v) is 14.8. The number of nitrogens with zero attached hydrogens (tertiary/aromatic N) is 1. The molecule has 0 aromatic heterocycles. The van der Waals surface area contributed by atoms with E-state index in [-0.39, 0.29) is 36.0 Å². The molecule has 8 heteroatoms. The molecule has 1 fully saturated rings. The fraction of sp³-hybridized carbons (Fsp3) is 0.533. The van der Waals surface area contributed by atoms with Gasteiger partial charge in [-0.1, -0.05) is 37.3 Å². The van der Waals surface area contributed by atoms with Crippen LogP contribution in [0.25, 0.3) is 0 Å². The minimum Gasteiger partial charge on any atom is -0.354 e. The van der Waals surface area contributed by atoms with Crippen molar-refractivity contribution in [3.05, 3.63) is 35.9 Å². The minimum atomic E-state index is -3.11. The van der Waals surface area contributed by atoms with E-state index in [4.69, 9.17) is 5.73 Å². The zero-order valence-electron chi connectivity index (χ0n) is 13.1. The molecular weight excluding hydrogens is 338 g/mol. The molecule has 1 aliphatic heterocycles. The molecule has 2 rings (SSSR count).